The van der Waals surface area contributed by atoms with E-state index in [4.69, 9.17) is 0 Å². The number of allylic oxidation sites excluding steroid dienone is 3. The monoisotopic (exact) mass is 265 g/mol. The normalized spacial score (nSPS) is 24.0. The van der Waals surface area contributed by atoms with Gasteiger partial charge in [-0.2, -0.15) is 0 Å². The molecule has 0 radical (unpaired) electrons. The summed E-state index contributed by atoms with van der Waals surface area (Å²) in [5.41, 5.74) is 0.254. The minimum Gasteiger partial charge on any atom is -0.258 e. The standard InChI is InChI=1S/C7H8INO2/c1-5-2-3-6(8)7(4-5)9(10)11/h3-5H,2H2,1H3. The van der Waals surface area contributed by atoms with Crippen LogP contribution in [0, 0.1) is 16.0 Å². The zero-order valence-corrected chi connectivity index (χ0v) is 8.24. The van der Waals surface area contributed by atoms with Crippen molar-refractivity contribution in [3.63, 3.8) is 0 Å². The fourth-order valence-corrected chi connectivity index (χ4v) is 1.59. The Labute approximate surface area is 78.5 Å². The Morgan fingerprint density at radius 3 is 2.91 bits per heavy atom. The quantitative estimate of drug-likeness (QED) is 0.415. The first-order valence-electron chi connectivity index (χ1n) is 3.33. The first-order chi connectivity index (χ1) is 5.11. The van der Waals surface area contributed by atoms with Gasteiger partial charge in [0.2, 0.25) is 0 Å². The van der Waals surface area contributed by atoms with Crippen LogP contribution in [0.15, 0.2) is 21.4 Å². The minimum absolute atomic E-state index is 0.254. The van der Waals surface area contributed by atoms with E-state index in [2.05, 4.69) is 0 Å². The third-order valence-corrected chi connectivity index (χ3v) is 2.55. The number of halogens is 1. The Bertz CT molecular complexity index is 245. The Morgan fingerprint density at radius 2 is 2.45 bits per heavy atom. The van der Waals surface area contributed by atoms with Gasteiger partial charge in [0.1, 0.15) is 0 Å². The molecule has 11 heavy (non-hydrogen) atoms. The first kappa shape index (κ1) is 8.70. The predicted octanol–water partition coefficient (Wildman–Crippen LogP) is 2.51. The van der Waals surface area contributed by atoms with Crippen LogP contribution >= 0.6 is 22.6 Å². The molecule has 0 saturated carbocycles. The van der Waals surface area contributed by atoms with Crippen LogP contribution in [0.2, 0.25) is 0 Å². The van der Waals surface area contributed by atoms with Gasteiger partial charge in [-0.15, -0.1) is 0 Å². The molecule has 0 bridgehead atoms. The molecule has 0 N–H and O–H groups in total. The molecule has 1 unspecified atom stereocenters. The lowest BCUT2D eigenvalue weighted by atomic mass is 10.0. The van der Waals surface area contributed by atoms with E-state index in [1.807, 2.05) is 35.6 Å². The van der Waals surface area contributed by atoms with Crippen LogP contribution in [0.5, 0.6) is 0 Å². The molecule has 60 valence electrons. The summed E-state index contributed by atoms with van der Waals surface area (Å²) in [4.78, 5) is 10.1. The van der Waals surface area contributed by atoms with Crippen molar-refractivity contribution in [3.05, 3.63) is 31.5 Å². The van der Waals surface area contributed by atoms with Crippen molar-refractivity contribution in [2.75, 3.05) is 0 Å². The molecule has 0 amide bonds. The lowest BCUT2D eigenvalue weighted by molar-refractivity contribution is -0.420. The van der Waals surface area contributed by atoms with Gasteiger partial charge in [0.15, 0.2) is 0 Å². The lowest BCUT2D eigenvalue weighted by Crippen LogP contribution is -2.05. The van der Waals surface area contributed by atoms with Crippen LogP contribution in [0.4, 0.5) is 0 Å². The molecule has 3 nitrogen and oxygen atoms in total. The molecule has 0 spiro atoms. The number of nitrogens with zero attached hydrogens (tertiary/aromatic N) is 1. The highest BCUT2D eigenvalue weighted by Gasteiger charge is 2.19. The fourth-order valence-electron chi connectivity index (χ4n) is 0.959. The second-order valence-corrected chi connectivity index (χ2v) is 3.74. The van der Waals surface area contributed by atoms with Crippen molar-refractivity contribution < 1.29 is 4.92 Å². The Kier molecular flexibility index (Phi) is 2.64. The average Bonchev–Trinajstić information content (AvgIpc) is 1.94. The molecule has 0 fully saturated rings. The molecule has 0 aromatic rings. The van der Waals surface area contributed by atoms with Crippen molar-refractivity contribution in [1.29, 1.82) is 0 Å². The predicted molar refractivity (Wildman–Crippen MR) is 51.0 cm³/mol. The molecular formula is C7H8INO2. The summed E-state index contributed by atoms with van der Waals surface area (Å²) >= 11 is 2.00. The van der Waals surface area contributed by atoms with E-state index in [1.165, 1.54) is 0 Å². The zero-order valence-electron chi connectivity index (χ0n) is 6.08. The van der Waals surface area contributed by atoms with Gasteiger partial charge in [-0.3, -0.25) is 10.1 Å². The summed E-state index contributed by atoms with van der Waals surface area (Å²) in [6.45, 7) is 1.98. The molecule has 1 aliphatic rings. The summed E-state index contributed by atoms with van der Waals surface area (Å²) in [7, 11) is 0. The number of rotatable bonds is 1. The molecule has 0 heterocycles. The molecule has 1 rings (SSSR count). The third-order valence-electron chi connectivity index (χ3n) is 1.55. The summed E-state index contributed by atoms with van der Waals surface area (Å²) in [5.74, 6) is 0.300. The van der Waals surface area contributed by atoms with Gasteiger partial charge in [0, 0.05) is 0 Å². The minimum atomic E-state index is -0.325. The maximum atomic E-state index is 10.4. The van der Waals surface area contributed by atoms with Crippen molar-refractivity contribution in [2.45, 2.75) is 13.3 Å². The Hall–Kier alpha value is -0.390. The SMILES string of the molecule is CC1C=C([N+](=O)[O-])C(I)=CC1. The van der Waals surface area contributed by atoms with E-state index in [-0.39, 0.29) is 10.6 Å². The average molecular weight is 265 g/mol. The van der Waals surface area contributed by atoms with E-state index in [9.17, 15) is 10.1 Å². The fraction of sp³-hybridized carbons (Fsp3) is 0.429. The molecule has 1 aliphatic carbocycles. The van der Waals surface area contributed by atoms with Crippen molar-refractivity contribution in [2.24, 2.45) is 5.92 Å². The van der Waals surface area contributed by atoms with Crippen LogP contribution in [0.3, 0.4) is 0 Å². The van der Waals surface area contributed by atoms with Crippen molar-refractivity contribution >= 4 is 22.6 Å². The van der Waals surface area contributed by atoms with E-state index in [1.54, 1.807) is 6.08 Å². The summed E-state index contributed by atoms with van der Waals surface area (Å²) in [6, 6.07) is 0. The van der Waals surface area contributed by atoms with Crippen molar-refractivity contribution in [3.8, 4) is 0 Å². The van der Waals surface area contributed by atoms with Gasteiger partial charge < -0.3 is 0 Å². The van der Waals surface area contributed by atoms with Gasteiger partial charge in [-0.05, 0) is 41.0 Å². The van der Waals surface area contributed by atoms with Crippen LogP contribution < -0.4 is 0 Å². The number of nitro groups is 1. The van der Waals surface area contributed by atoms with Gasteiger partial charge in [-0.25, -0.2) is 0 Å². The summed E-state index contributed by atoms with van der Waals surface area (Å²) in [5, 5.41) is 10.4. The largest absolute Gasteiger partial charge is 0.278 e. The highest BCUT2D eigenvalue weighted by atomic mass is 127. The van der Waals surface area contributed by atoms with E-state index in [0.29, 0.717) is 5.92 Å². The number of hydrogen-bond donors (Lipinski definition) is 0. The van der Waals surface area contributed by atoms with Gasteiger partial charge in [-0.1, -0.05) is 13.0 Å². The second kappa shape index (κ2) is 3.34. The molecule has 0 aromatic heterocycles. The summed E-state index contributed by atoms with van der Waals surface area (Å²) < 4.78 is 0.755. The van der Waals surface area contributed by atoms with Crippen LogP contribution in [-0.2, 0) is 0 Å². The molecule has 0 aromatic carbocycles. The van der Waals surface area contributed by atoms with E-state index in [0.717, 1.165) is 10.0 Å². The second-order valence-electron chi connectivity index (χ2n) is 2.57. The molecular weight excluding hydrogens is 257 g/mol. The van der Waals surface area contributed by atoms with E-state index < -0.39 is 0 Å². The summed E-state index contributed by atoms with van der Waals surface area (Å²) in [6.07, 6.45) is 4.53. The topological polar surface area (TPSA) is 43.1 Å². The molecule has 0 saturated heterocycles. The van der Waals surface area contributed by atoms with Crippen LogP contribution in [0.25, 0.3) is 0 Å². The lowest BCUT2D eigenvalue weighted by Gasteiger charge is -2.08. The van der Waals surface area contributed by atoms with Crippen LogP contribution in [-0.4, -0.2) is 4.92 Å². The molecule has 0 aliphatic heterocycles. The zero-order chi connectivity index (χ0) is 8.43. The highest BCUT2D eigenvalue weighted by molar-refractivity contribution is 14.1. The number of hydrogen-bond acceptors (Lipinski definition) is 2. The van der Waals surface area contributed by atoms with E-state index >= 15 is 0 Å². The Balaban J connectivity index is 2.90. The van der Waals surface area contributed by atoms with Crippen molar-refractivity contribution in [1.82, 2.24) is 0 Å². The molecule has 1 atom stereocenters. The van der Waals surface area contributed by atoms with Gasteiger partial charge in [0.25, 0.3) is 5.70 Å². The Morgan fingerprint density at radius 1 is 1.82 bits per heavy atom. The highest BCUT2D eigenvalue weighted by Crippen LogP contribution is 2.27. The third kappa shape index (κ3) is 2.02. The smallest absolute Gasteiger partial charge is 0.258 e. The maximum absolute atomic E-state index is 10.4. The molecule has 4 heteroatoms. The maximum Gasteiger partial charge on any atom is 0.278 e. The first-order valence-corrected chi connectivity index (χ1v) is 4.41. The van der Waals surface area contributed by atoms with Crippen LogP contribution in [0.1, 0.15) is 13.3 Å². The van der Waals surface area contributed by atoms with Gasteiger partial charge in [0.05, 0.1) is 8.50 Å². The van der Waals surface area contributed by atoms with Gasteiger partial charge >= 0.3 is 0 Å².